The normalized spacial score (nSPS) is 10.3. The summed E-state index contributed by atoms with van der Waals surface area (Å²) in [4.78, 5) is 13.8. The molecule has 0 aliphatic rings. The molecular weight excluding hydrogens is 243 g/mol. The molecule has 0 unspecified atom stereocenters. The Bertz CT molecular complexity index is 625. The molecule has 0 saturated heterocycles. The molecule has 0 aromatic heterocycles. The zero-order valence-corrected chi connectivity index (χ0v) is 10.9. The summed E-state index contributed by atoms with van der Waals surface area (Å²) in [7, 11) is 1.65. The van der Waals surface area contributed by atoms with Crippen LogP contribution in [0.1, 0.15) is 15.9 Å². The maximum atomic E-state index is 13.1. The Morgan fingerprint density at radius 2 is 1.89 bits per heavy atom. The van der Waals surface area contributed by atoms with Crippen molar-refractivity contribution in [2.75, 3.05) is 17.7 Å². The average molecular weight is 258 g/mol. The van der Waals surface area contributed by atoms with Gasteiger partial charge in [0.15, 0.2) is 0 Å². The molecule has 0 aliphatic carbocycles. The highest BCUT2D eigenvalue weighted by Gasteiger charge is 2.17. The van der Waals surface area contributed by atoms with Gasteiger partial charge in [-0.15, -0.1) is 0 Å². The Morgan fingerprint density at radius 1 is 1.21 bits per heavy atom. The van der Waals surface area contributed by atoms with Crippen molar-refractivity contribution in [1.82, 2.24) is 0 Å². The van der Waals surface area contributed by atoms with Gasteiger partial charge < -0.3 is 10.6 Å². The van der Waals surface area contributed by atoms with Gasteiger partial charge in [-0.25, -0.2) is 4.39 Å². The van der Waals surface area contributed by atoms with E-state index in [1.165, 1.54) is 23.1 Å². The van der Waals surface area contributed by atoms with Gasteiger partial charge in [0.05, 0.1) is 11.4 Å². The standard InChI is InChI=1S/C15H15FN2O/c1-10-9-11(16)7-8-12(10)15(19)18(2)14-6-4-3-5-13(14)17/h3-9H,17H2,1-2H3. The number of nitrogens with two attached hydrogens (primary N) is 1. The Labute approximate surface area is 111 Å². The van der Waals surface area contributed by atoms with E-state index >= 15 is 0 Å². The van der Waals surface area contributed by atoms with Crippen LogP contribution < -0.4 is 10.6 Å². The van der Waals surface area contributed by atoms with Gasteiger partial charge in [-0.3, -0.25) is 4.79 Å². The topological polar surface area (TPSA) is 46.3 Å². The first-order valence-electron chi connectivity index (χ1n) is 5.89. The Hall–Kier alpha value is -2.36. The molecule has 2 aromatic rings. The van der Waals surface area contributed by atoms with Crippen molar-refractivity contribution in [3.63, 3.8) is 0 Å². The van der Waals surface area contributed by atoms with Crippen LogP contribution in [0.5, 0.6) is 0 Å². The molecule has 2 aromatic carbocycles. The van der Waals surface area contributed by atoms with E-state index in [1.807, 2.05) is 6.07 Å². The smallest absolute Gasteiger partial charge is 0.258 e. The van der Waals surface area contributed by atoms with Gasteiger partial charge in [0.2, 0.25) is 0 Å². The predicted octanol–water partition coefficient (Wildman–Crippen LogP) is 2.99. The van der Waals surface area contributed by atoms with Crippen LogP contribution in [0.25, 0.3) is 0 Å². The molecule has 0 atom stereocenters. The molecular formula is C15H15FN2O. The summed E-state index contributed by atoms with van der Waals surface area (Å²) in [5, 5.41) is 0. The quantitative estimate of drug-likeness (QED) is 0.842. The number of halogens is 1. The summed E-state index contributed by atoms with van der Waals surface area (Å²) in [5.41, 5.74) is 8.08. The Balaban J connectivity index is 2.37. The highest BCUT2D eigenvalue weighted by atomic mass is 19.1. The van der Waals surface area contributed by atoms with Crippen molar-refractivity contribution in [3.8, 4) is 0 Å². The van der Waals surface area contributed by atoms with Crippen LogP contribution in [-0.4, -0.2) is 13.0 Å². The van der Waals surface area contributed by atoms with Gasteiger partial charge in [0.25, 0.3) is 5.91 Å². The second-order valence-electron chi connectivity index (χ2n) is 4.38. The Kier molecular flexibility index (Phi) is 3.51. The van der Waals surface area contributed by atoms with Crippen molar-refractivity contribution >= 4 is 17.3 Å². The largest absolute Gasteiger partial charge is 0.397 e. The third kappa shape index (κ3) is 2.57. The first-order valence-corrected chi connectivity index (χ1v) is 5.89. The van der Waals surface area contributed by atoms with Crippen LogP contribution in [0.15, 0.2) is 42.5 Å². The first-order chi connectivity index (χ1) is 9.00. The van der Waals surface area contributed by atoms with Gasteiger partial charge in [-0.05, 0) is 42.8 Å². The maximum Gasteiger partial charge on any atom is 0.258 e. The van der Waals surface area contributed by atoms with Crippen LogP contribution in [0.4, 0.5) is 15.8 Å². The zero-order chi connectivity index (χ0) is 14.0. The van der Waals surface area contributed by atoms with Crippen LogP contribution in [0.2, 0.25) is 0 Å². The number of carbonyl (C=O) groups excluding carboxylic acids is 1. The number of nitrogens with zero attached hydrogens (tertiary/aromatic N) is 1. The van der Waals surface area contributed by atoms with E-state index in [1.54, 1.807) is 32.2 Å². The van der Waals surface area contributed by atoms with Crippen molar-refractivity contribution in [1.29, 1.82) is 0 Å². The number of hydrogen-bond acceptors (Lipinski definition) is 2. The minimum Gasteiger partial charge on any atom is -0.397 e. The molecule has 1 amide bonds. The van der Waals surface area contributed by atoms with Crippen molar-refractivity contribution in [2.45, 2.75) is 6.92 Å². The van der Waals surface area contributed by atoms with Gasteiger partial charge in [-0.1, -0.05) is 12.1 Å². The maximum absolute atomic E-state index is 13.1. The lowest BCUT2D eigenvalue weighted by Gasteiger charge is -2.20. The molecule has 98 valence electrons. The van der Waals surface area contributed by atoms with E-state index < -0.39 is 0 Å². The zero-order valence-electron chi connectivity index (χ0n) is 10.9. The van der Waals surface area contributed by atoms with Crippen LogP contribution >= 0.6 is 0 Å². The third-order valence-corrected chi connectivity index (χ3v) is 3.02. The number of carbonyl (C=O) groups is 1. The lowest BCUT2D eigenvalue weighted by molar-refractivity contribution is 0.0992. The number of rotatable bonds is 2. The van der Waals surface area contributed by atoms with E-state index in [-0.39, 0.29) is 11.7 Å². The molecule has 0 saturated carbocycles. The molecule has 2 rings (SSSR count). The van der Waals surface area contributed by atoms with Crippen LogP contribution in [-0.2, 0) is 0 Å². The molecule has 3 nitrogen and oxygen atoms in total. The molecule has 0 heterocycles. The number of hydrogen-bond donors (Lipinski definition) is 1. The Morgan fingerprint density at radius 3 is 2.53 bits per heavy atom. The van der Waals surface area contributed by atoms with E-state index in [9.17, 15) is 9.18 Å². The third-order valence-electron chi connectivity index (χ3n) is 3.02. The fraction of sp³-hybridized carbons (Fsp3) is 0.133. The molecule has 4 heteroatoms. The number of anilines is 2. The lowest BCUT2D eigenvalue weighted by atomic mass is 10.1. The highest BCUT2D eigenvalue weighted by Crippen LogP contribution is 2.23. The summed E-state index contributed by atoms with van der Waals surface area (Å²) < 4.78 is 13.1. The second-order valence-corrected chi connectivity index (χ2v) is 4.38. The van der Waals surface area contributed by atoms with Gasteiger partial charge in [-0.2, -0.15) is 0 Å². The molecule has 0 spiro atoms. The second kappa shape index (κ2) is 5.10. The van der Waals surface area contributed by atoms with Gasteiger partial charge >= 0.3 is 0 Å². The lowest BCUT2D eigenvalue weighted by Crippen LogP contribution is -2.27. The molecule has 0 radical (unpaired) electrons. The number of aryl methyl sites for hydroxylation is 1. The fourth-order valence-corrected chi connectivity index (χ4v) is 1.95. The highest BCUT2D eigenvalue weighted by molar-refractivity contribution is 6.08. The van der Waals surface area contributed by atoms with Crippen LogP contribution in [0.3, 0.4) is 0 Å². The molecule has 0 aliphatic heterocycles. The molecule has 0 bridgehead atoms. The molecule has 19 heavy (non-hydrogen) atoms. The van der Waals surface area contributed by atoms with Crippen molar-refractivity contribution in [2.24, 2.45) is 0 Å². The predicted molar refractivity (Wildman–Crippen MR) is 74.7 cm³/mol. The SMILES string of the molecule is Cc1cc(F)ccc1C(=O)N(C)c1ccccc1N. The van der Waals surface area contributed by atoms with Gasteiger partial charge in [0.1, 0.15) is 5.82 Å². The minimum atomic E-state index is -0.351. The van der Waals surface area contributed by atoms with Gasteiger partial charge in [0, 0.05) is 12.6 Å². The van der Waals surface area contributed by atoms with E-state index in [4.69, 9.17) is 5.73 Å². The number of amides is 1. The summed E-state index contributed by atoms with van der Waals surface area (Å²) in [6.07, 6.45) is 0. The van der Waals surface area contributed by atoms with Crippen molar-refractivity contribution < 1.29 is 9.18 Å². The monoisotopic (exact) mass is 258 g/mol. The van der Waals surface area contributed by atoms with E-state index in [2.05, 4.69) is 0 Å². The van der Waals surface area contributed by atoms with E-state index in [0.717, 1.165) is 0 Å². The summed E-state index contributed by atoms with van der Waals surface area (Å²) >= 11 is 0. The molecule has 2 N–H and O–H groups in total. The summed E-state index contributed by atoms with van der Waals surface area (Å²) in [6.45, 7) is 1.71. The number of benzene rings is 2. The van der Waals surface area contributed by atoms with Crippen LogP contribution in [0, 0.1) is 12.7 Å². The summed E-state index contributed by atoms with van der Waals surface area (Å²) in [6, 6.07) is 11.2. The first kappa shape index (κ1) is 13.1. The number of nitrogen functional groups attached to an aromatic ring is 1. The average Bonchev–Trinajstić information content (AvgIpc) is 2.38. The summed E-state index contributed by atoms with van der Waals surface area (Å²) in [5.74, 6) is -0.564. The number of para-hydroxylation sites is 2. The van der Waals surface area contributed by atoms with E-state index in [0.29, 0.717) is 22.5 Å². The molecule has 0 fully saturated rings. The minimum absolute atomic E-state index is 0.213. The van der Waals surface area contributed by atoms with Crippen molar-refractivity contribution in [3.05, 3.63) is 59.4 Å². The fourth-order valence-electron chi connectivity index (χ4n) is 1.95.